The molecule has 0 fully saturated rings. The quantitative estimate of drug-likeness (QED) is 0.506. The maximum absolute atomic E-state index is 13.2. The van der Waals surface area contributed by atoms with Gasteiger partial charge >= 0.3 is 6.18 Å². The molecule has 0 saturated carbocycles. The van der Waals surface area contributed by atoms with Gasteiger partial charge in [-0.15, -0.1) is 0 Å². The Hall–Kier alpha value is -2.84. The molecule has 4 rings (SSSR count). The third kappa shape index (κ3) is 3.61. The predicted molar refractivity (Wildman–Crippen MR) is 106 cm³/mol. The second kappa shape index (κ2) is 6.96. The van der Waals surface area contributed by atoms with E-state index < -0.39 is 11.7 Å². The summed E-state index contributed by atoms with van der Waals surface area (Å²) in [7, 11) is 0. The maximum Gasteiger partial charge on any atom is 0.418 e. The molecule has 2 aromatic carbocycles. The molecule has 0 unspecified atom stereocenters. The number of anilines is 2. The van der Waals surface area contributed by atoms with Gasteiger partial charge in [-0.25, -0.2) is 0 Å². The molecule has 0 amide bonds. The molecule has 2 heterocycles. The molecule has 28 heavy (non-hydrogen) atoms. The average molecular weight is 422 g/mol. The van der Waals surface area contributed by atoms with Gasteiger partial charge in [0.25, 0.3) is 0 Å². The molecule has 0 bridgehead atoms. The summed E-state index contributed by atoms with van der Waals surface area (Å²) in [6.45, 7) is 0. The molecule has 2 N–H and O–H groups in total. The molecule has 0 spiro atoms. The number of para-hydroxylation sites is 1. The zero-order valence-electron chi connectivity index (χ0n) is 14.0. The Balaban J connectivity index is 1.66. The van der Waals surface area contributed by atoms with Crippen LogP contribution in [-0.2, 0) is 6.18 Å². The molecule has 1 aliphatic rings. The number of thiazole rings is 1. The number of hydrogen-bond donors (Lipinski definition) is 2. The molecule has 4 nitrogen and oxygen atoms in total. The van der Waals surface area contributed by atoms with Crippen LogP contribution in [0, 0.1) is 0 Å². The highest BCUT2D eigenvalue weighted by Gasteiger charge is 2.34. The van der Waals surface area contributed by atoms with Crippen LogP contribution in [0.4, 0.5) is 29.7 Å². The highest BCUT2D eigenvalue weighted by Crippen LogP contribution is 2.40. The highest BCUT2D eigenvalue weighted by molar-refractivity contribution is 7.16. The average Bonchev–Trinajstić information content (AvgIpc) is 3.20. The fourth-order valence-corrected chi connectivity index (χ4v) is 3.74. The van der Waals surface area contributed by atoms with E-state index in [0.29, 0.717) is 4.88 Å². The van der Waals surface area contributed by atoms with Gasteiger partial charge in [-0.1, -0.05) is 41.1 Å². The smallest absolute Gasteiger partial charge is 0.418 e. The summed E-state index contributed by atoms with van der Waals surface area (Å²) >= 11 is 6.72. The number of allylic oxidation sites excluding steroid dienone is 1. The lowest BCUT2D eigenvalue weighted by Crippen LogP contribution is -2.08. The van der Waals surface area contributed by atoms with E-state index in [2.05, 4.69) is 15.3 Å². The van der Waals surface area contributed by atoms with Crippen LogP contribution in [-0.4, -0.2) is 16.3 Å². The van der Waals surface area contributed by atoms with E-state index in [9.17, 15) is 18.3 Å². The molecular weight excluding hydrogens is 411 g/mol. The first kappa shape index (κ1) is 18.5. The van der Waals surface area contributed by atoms with E-state index in [1.165, 1.54) is 12.1 Å². The van der Waals surface area contributed by atoms with Crippen LogP contribution < -0.4 is 5.32 Å². The lowest BCUT2D eigenvalue weighted by Gasteiger charge is -2.13. The Labute approximate surface area is 166 Å². The van der Waals surface area contributed by atoms with Crippen molar-refractivity contribution in [2.45, 2.75) is 6.18 Å². The molecule has 142 valence electrons. The van der Waals surface area contributed by atoms with Gasteiger partial charge in [0.05, 0.1) is 21.8 Å². The second-order valence-corrected chi connectivity index (χ2v) is 7.36. The summed E-state index contributed by atoms with van der Waals surface area (Å²) in [5.41, 5.74) is 1.39. The van der Waals surface area contributed by atoms with Gasteiger partial charge in [0.15, 0.2) is 5.13 Å². The zero-order chi connectivity index (χ0) is 19.9. The Kier molecular flexibility index (Phi) is 4.60. The molecule has 3 aromatic rings. The summed E-state index contributed by atoms with van der Waals surface area (Å²) in [6.07, 6.45) is -1.22. The summed E-state index contributed by atoms with van der Waals surface area (Å²) < 4.78 is 39.7. The van der Waals surface area contributed by atoms with E-state index in [-0.39, 0.29) is 21.7 Å². The summed E-state index contributed by atoms with van der Waals surface area (Å²) in [5.74, 6) is -0.277. The van der Waals surface area contributed by atoms with E-state index >= 15 is 0 Å². The number of hydrogen-bond acceptors (Lipinski definition) is 5. The largest absolute Gasteiger partial charge is 0.492 e. The topological polar surface area (TPSA) is 57.5 Å². The van der Waals surface area contributed by atoms with Crippen LogP contribution in [0.25, 0.3) is 11.6 Å². The van der Waals surface area contributed by atoms with Crippen molar-refractivity contribution in [1.82, 2.24) is 4.98 Å². The summed E-state index contributed by atoms with van der Waals surface area (Å²) in [5, 5.41) is 12.8. The van der Waals surface area contributed by atoms with Gasteiger partial charge in [0.1, 0.15) is 0 Å². The Bertz CT molecular complexity index is 1120. The third-order valence-corrected chi connectivity index (χ3v) is 5.15. The van der Waals surface area contributed by atoms with Gasteiger partial charge in [-0.05, 0) is 30.3 Å². The molecule has 9 heteroatoms. The molecule has 1 aromatic heterocycles. The lowest BCUT2D eigenvalue weighted by atomic mass is 10.1. The Morgan fingerprint density at radius 1 is 1.14 bits per heavy atom. The lowest BCUT2D eigenvalue weighted by molar-refractivity contribution is -0.136. The number of benzene rings is 2. The predicted octanol–water partition coefficient (Wildman–Crippen LogP) is 6.52. The number of fused-ring (bicyclic) bond motifs is 1. The first-order valence-corrected chi connectivity index (χ1v) is 9.19. The number of aromatic nitrogens is 1. The van der Waals surface area contributed by atoms with Gasteiger partial charge in [0.2, 0.25) is 5.88 Å². The minimum atomic E-state index is -4.58. The third-order valence-electron chi connectivity index (χ3n) is 4.01. The fraction of sp³-hybridized carbons (Fsp3) is 0.0526. The number of aliphatic imine (C=N–C) groups is 1. The normalized spacial score (nSPS) is 14.5. The van der Waals surface area contributed by atoms with Gasteiger partial charge in [-0.2, -0.15) is 18.2 Å². The van der Waals surface area contributed by atoms with E-state index in [4.69, 9.17) is 11.6 Å². The van der Waals surface area contributed by atoms with E-state index in [1.54, 1.807) is 12.3 Å². The SMILES string of the molecule is Oc1nc(Nc2ccc(Cl)cc2C(F)(F)F)sc1/C=C1/C=Nc2ccccc21. The van der Waals surface area contributed by atoms with Crippen LogP contribution in [0.15, 0.2) is 47.5 Å². The second-order valence-electron chi connectivity index (χ2n) is 5.89. The Morgan fingerprint density at radius 2 is 1.93 bits per heavy atom. The Morgan fingerprint density at radius 3 is 2.71 bits per heavy atom. The molecule has 0 saturated heterocycles. The number of halogens is 4. The molecule has 1 aliphatic heterocycles. The van der Waals surface area contributed by atoms with Crippen LogP contribution in [0.2, 0.25) is 5.02 Å². The molecule has 0 radical (unpaired) electrons. The molecule has 0 aliphatic carbocycles. The first-order chi connectivity index (χ1) is 13.3. The van der Waals surface area contributed by atoms with Crippen LogP contribution in [0.1, 0.15) is 16.0 Å². The van der Waals surface area contributed by atoms with Gasteiger partial charge in [0, 0.05) is 22.4 Å². The zero-order valence-corrected chi connectivity index (χ0v) is 15.5. The maximum atomic E-state index is 13.2. The monoisotopic (exact) mass is 421 g/mol. The fourth-order valence-electron chi connectivity index (χ4n) is 2.74. The van der Waals surface area contributed by atoms with E-state index in [0.717, 1.165) is 34.2 Å². The van der Waals surface area contributed by atoms with Crippen molar-refractivity contribution < 1.29 is 18.3 Å². The highest BCUT2D eigenvalue weighted by atomic mass is 35.5. The van der Waals surface area contributed by atoms with Crippen molar-refractivity contribution in [3.05, 3.63) is 63.5 Å². The minimum Gasteiger partial charge on any atom is -0.492 e. The first-order valence-electron chi connectivity index (χ1n) is 8.00. The van der Waals surface area contributed by atoms with Crippen molar-refractivity contribution in [1.29, 1.82) is 0 Å². The summed E-state index contributed by atoms with van der Waals surface area (Å²) in [6, 6.07) is 10.9. The number of nitrogens with zero attached hydrogens (tertiary/aromatic N) is 2. The van der Waals surface area contributed by atoms with Gasteiger partial charge < -0.3 is 10.4 Å². The van der Waals surface area contributed by atoms with Gasteiger partial charge in [-0.3, -0.25) is 4.99 Å². The van der Waals surface area contributed by atoms with Crippen molar-refractivity contribution >= 4 is 57.3 Å². The van der Waals surface area contributed by atoms with Crippen LogP contribution in [0.3, 0.4) is 0 Å². The number of aromatic hydroxyl groups is 1. The van der Waals surface area contributed by atoms with E-state index in [1.807, 2.05) is 24.3 Å². The van der Waals surface area contributed by atoms with Crippen LogP contribution >= 0.6 is 22.9 Å². The number of nitrogens with one attached hydrogen (secondary N) is 1. The van der Waals surface area contributed by atoms with Crippen molar-refractivity contribution in [3.63, 3.8) is 0 Å². The number of rotatable bonds is 3. The van der Waals surface area contributed by atoms with Crippen molar-refractivity contribution in [2.75, 3.05) is 5.32 Å². The van der Waals surface area contributed by atoms with Crippen molar-refractivity contribution in [3.8, 4) is 5.88 Å². The molecule has 0 atom stereocenters. The summed E-state index contributed by atoms with van der Waals surface area (Å²) in [4.78, 5) is 8.61. The number of alkyl halides is 3. The molecular formula is C19H11ClF3N3OS. The van der Waals surface area contributed by atoms with Crippen molar-refractivity contribution in [2.24, 2.45) is 4.99 Å². The van der Waals surface area contributed by atoms with Crippen LogP contribution in [0.5, 0.6) is 5.88 Å². The standard InChI is InChI=1S/C19H11ClF3N3OS/c20-11-5-6-15(13(8-11)19(21,22)23)25-18-26-17(27)16(28-18)7-10-9-24-14-4-2-1-3-12(10)14/h1-9,27H,(H,25,26)/b10-7-. The minimum absolute atomic E-state index is 0.0236.